The molecule has 4 N–H and O–H groups in total. The zero-order chi connectivity index (χ0) is 12.8. The zero-order valence-corrected chi connectivity index (χ0v) is 10.6. The van der Waals surface area contributed by atoms with Gasteiger partial charge in [0.05, 0.1) is 12.6 Å². The van der Waals surface area contributed by atoms with Crippen molar-refractivity contribution in [3.63, 3.8) is 0 Å². The van der Waals surface area contributed by atoms with Crippen molar-refractivity contribution in [3.05, 3.63) is 30.1 Å². The van der Waals surface area contributed by atoms with Crippen molar-refractivity contribution in [3.8, 4) is 0 Å². The van der Waals surface area contributed by atoms with E-state index in [0.29, 0.717) is 5.69 Å². The van der Waals surface area contributed by atoms with Crippen LogP contribution >= 0.6 is 12.4 Å². The number of nitrogens with two attached hydrogens (primary N) is 1. The van der Waals surface area contributed by atoms with Gasteiger partial charge in [0.1, 0.15) is 5.82 Å². The van der Waals surface area contributed by atoms with Gasteiger partial charge in [-0.05, 0) is 25.1 Å². The van der Waals surface area contributed by atoms with Gasteiger partial charge in [0.15, 0.2) is 0 Å². The molecule has 0 spiro atoms. The summed E-state index contributed by atoms with van der Waals surface area (Å²) in [6, 6.07) is 4.82. The summed E-state index contributed by atoms with van der Waals surface area (Å²) < 4.78 is 12.8. The highest BCUT2D eigenvalue weighted by Gasteiger charge is 2.09. The minimum Gasteiger partial charge on any atom is -0.346 e. The Morgan fingerprint density at radius 1 is 1.44 bits per heavy atom. The molecule has 18 heavy (non-hydrogen) atoms. The predicted octanol–water partition coefficient (Wildman–Crippen LogP) is 0.649. The van der Waals surface area contributed by atoms with E-state index < -0.39 is 23.7 Å². The van der Waals surface area contributed by atoms with Gasteiger partial charge in [-0.15, -0.1) is 12.4 Å². The van der Waals surface area contributed by atoms with Gasteiger partial charge in [-0.25, -0.2) is 4.39 Å². The fourth-order valence-electron chi connectivity index (χ4n) is 1.10. The molecular weight excluding hydrogens is 261 g/mol. The lowest BCUT2D eigenvalue weighted by molar-refractivity contribution is -0.124. The predicted molar refractivity (Wildman–Crippen MR) is 68.9 cm³/mol. The molecule has 0 aliphatic carbocycles. The first kappa shape index (κ1) is 16.3. The molecule has 5 nitrogen and oxygen atoms in total. The van der Waals surface area contributed by atoms with Crippen LogP contribution in [-0.2, 0) is 9.59 Å². The molecule has 0 radical (unpaired) electrons. The third kappa shape index (κ3) is 5.60. The molecule has 1 rings (SSSR count). The Morgan fingerprint density at radius 3 is 2.67 bits per heavy atom. The topological polar surface area (TPSA) is 84.2 Å². The Kier molecular flexibility index (Phi) is 6.92. The molecule has 0 aliphatic rings. The van der Waals surface area contributed by atoms with E-state index in [2.05, 4.69) is 10.6 Å². The van der Waals surface area contributed by atoms with Gasteiger partial charge in [0.2, 0.25) is 11.8 Å². The average Bonchev–Trinajstić information content (AvgIpc) is 2.25. The van der Waals surface area contributed by atoms with Crippen LogP contribution in [0.5, 0.6) is 0 Å². The number of carbonyl (C=O) groups excluding carboxylic acids is 2. The van der Waals surface area contributed by atoms with Gasteiger partial charge in [-0.3, -0.25) is 9.59 Å². The van der Waals surface area contributed by atoms with Gasteiger partial charge >= 0.3 is 0 Å². The van der Waals surface area contributed by atoms with Crippen molar-refractivity contribution in [1.29, 1.82) is 0 Å². The first-order chi connectivity index (χ1) is 7.99. The maximum absolute atomic E-state index is 12.8. The van der Waals surface area contributed by atoms with Crippen LogP contribution in [0.1, 0.15) is 6.92 Å². The molecule has 7 heteroatoms. The van der Waals surface area contributed by atoms with Gasteiger partial charge in [0.25, 0.3) is 0 Å². The second-order valence-corrected chi connectivity index (χ2v) is 3.57. The summed E-state index contributed by atoms with van der Waals surface area (Å²) in [5, 5.41) is 4.79. The Labute approximate surface area is 110 Å². The third-order valence-electron chi connectivity index (χ3n) is 1.95. The number of amides is 2. The van der Waals surface area contributed by atoms with Crippen LogP contribution in [0.2, 0.25) is 0 Å². The first-order valence-corrected chi connectivity index (χ1v) is 5.08. The number of anilines is 1. The number of benzene rings is 1. The number of hydrogen-bond donors (Lipinski definition) is 3. The molecule has 0 aromatic heterocycles. The van der Waals surface area contributed by atoms with E-state index in [1.807, 2.05) is 0 Å². The molecule has 1 aromatic carbocycles. The van der Waals surface area contributed by atoms with Crippen molar-refractivity contribution in [1.82, 2.24) is 5.32 Å². The van der Waals surface area contributed by atoms with E-state index in [1.54, 1.807) is 6.07 Å². The summed E-state index contributed by atoms with van der Waals surface area (Å²) in [5.74, 6) is -1.30. The quantitative estimate of drug-likeness (QED) is 0.754. The highest BCUT2D eigenvalue weighted by Crippen LogP contribution is 2.08. The molecule has 0 bridgehead atoms. The van der Waals surface area contributed by atoms with Crippen molar-refractivity contribution in [2.24, 2.45) is 5.73 Å². The second kappa shape index (κ2) is 7.62. The number of nitrogens with one attached hydrogen (secondary N) is 2. The van der Waals surface area contributed by atoms with E-state index in [4.69, 9.17) is 5.73 Å². The largest absolute Gasteiger partial charge is 0.346 e. The zero-order valence-electron chi connectivity index (χ0n) is 9.77. The van der Waals surface area contributed by atoms with Crippen molar-refractivity contribution < 1.29 is 14.0 Å². The second-order valence-electron chi connectivity index (χ2n) is 3.57. The maximum atomic E-state index is 12.8. The minimum absolute atomic E-state index is 0. The maximum Gasteiger partial charge on any atom is 0.243 e. The Hall–Kier alpha value is -1.66. The van der Waals surface area contributed by atoms with Crippen LogP contribution in [0.4, 0.5) is 10.1 Å². The molecule has 0 saturated heterocycles. The Morgan fingerprint density at radius 2 is 2.11 bits per heavy atom. The van der Waals surface area contributed by atoms with E-state index in [1.165, 1.54) is 25.1 Å². The molecule has 1 aromatic rings. The molecular formula is C11H15ClFN3O2. The monoisotopic (exact) mass is 275 g/mol. The van der Waals surface area contributed by atoms with E-state index in [-0.39, 0.29) is 19.0 Å². The van der Waals surface area contributed by atoms with Crippen molar-refractivity contribution in [2.75, 3.05) is 11.9 Å². The van der Waals surface area contributed by atoms with E-state index in [9.17, 15) is 14.0 Å². The van der Waals surface area contributed by atoms with Crippen LogP contribution in [0.15, 0.2) is 24.3 Å². The van der Waals surface area contributed by atoms with E-state index in [0.717, 1.165) is 0 Å². The SMILES string of the molecule is C[C@@H](N)C(=O)NCC(=O)Nc1cccc(F)c1.Cl. The number of carbonyl (C=O) groups is 2. The summed E-state index contributed by atoms with van der Waals surface area (Å²) in [6.07, 6.45) is 0. The van der Waals surface area contributed by atoms with Crippen LogP contribution < -0.4 is 16.4 Å². The lowest BCUT2D eigenvalue weighted by atomic mass is 10.3. The fraction of sp³-hybridized carbons (Fsp3) is 0.273. The third-order valence-corrected chi connectivity index (χ3v) is 1.95. The molecule has 1 atom stereocenters. The van der Waals surface area contributed by atoms with E-state index >= 15 is 0 Å². The minimum atomic E-state index is -0.669. The molecule has 0 saturated carbocycles. The smallest absolute Gasteiger partial charge is 0.243 e. The van der Waals surface area contributed by atoms with Gasteiger partial charge in [-0.1, -0.05) is 6.07 Å². The van der Waals surface area contributed by atoms with Gasteiger partial charge in [0, 0.05) is 5.69 Å². The molecule has 0 aliphatic heterocycles. The van der Waals surface area contributed by atoms with Crippen LogP contribution in [0, 0.1) is 5.82 Å². The van der Waals surface area contributed by atoms with Gasteiger partial charge in [-0.2, -0.15) is 0 Å². The van der Waals surface area contributed by atoms with Crippen LogP contribution in [-0.4, -0.2) is 24.4 Å². The Bertz CT molecular complexity index is 427. The Balaban J connectivity index is 0.00000289. The average molecular weight is 276 g/mol. The highest BCUT2D eigenvalue weighted by atomic mass is 35.5. The highest BCUT2D eigenvalue weighted by molar-refractivity contribution is 5.95. The lowest BCUT2D eigenvalue weighted by Crippen LogP contribution is -2.41. The normalized spacial score (nSPS) is 11.1. The number of hydrogen-bond acceptors (Lipinski definition) is 3. The molecule has 2 amide bonds. The fourth-order valence-corrected chi connectivity index (χ4v) is 1.10. The molecule has 0 heterocycles. The molecule has 0 unspecified atom stereocenters. The molecule has 100 valence electrons. The number of rotatable bonds is 4. The summed E-state index contributed by atoms with van der Waals surface area (Å²) in [6.45, 7) is 1.32. The lowest BCUT2D eigenvalue weighted by Gasteiger charge is -2.08. The van der Waals surface area contributed by atoms with Crippen LogP contribution in [0.3, 0.4) is 0 Å². The standard InChI is InChI=1S/C11H14FN3O2.ClH/c1-7(13)11(17)14-6-10(16)15-9-4-2-3-8(12)5-9;/h2-5,7H,6,13H2,1H3,(H,14,17)(H,15,16);1H/t7-;/m1./s1. The summed E-state index contributed by atoms with van der Waals surface area (Å²) in [7, 11) is 0. The van der Waals surface area contributed by atoms with Crippen molar-refractivity contribution in [2.45, 2.75) is 13.0 Å². The molecule has 0 fully saturated rings. The summed E-state index contributed by atoms with van der Waals surface area (Å²) in [5.41, 5.74) is 5.64. The van der Waals surface area contributed by atoms with Gasteiger partial charge < -0.3 is 16.4 Å². The summed E-state index contributed by atoms with van der Waals surface area (Å²) in [4.78, 5) is 22.4. The first-order valence-electron chi connectivity index (χ1n) is 5.08. The van der Waals surface area contributed by atoms with Crippen molar-refractivity contribution >= 4 is 29.9 Å². The van der Waals surface area contributed by atoms with Crippen LogP contribution in [0.25, 0.3) is 0 Å². The number of halogens is 2. The summed E-state index contributed by atoms with van der Waals surface area (Å²) >= 11 is 0.